The number of para-hydroxylation sites is 4. The maximum absolute atomic E-state index is 6.83. The molecule has 0 fully saturated rings. The minimum Gasteiger partial charge on any atom is -0.454 e. The van der Waals surface area contributed by atoms with Crippen LogP contribution in [0.15, 0.2) is 199 Å². The van der Waals surface area contributed by atoms with Crippen molar-refractivity contribution in [1.29, 1.82) is 0 Å². The van der Waals surface area contributed by atoms with Crippen LogP contribution in [-0.2, 0) is 0 Å². The molecule has 13 aromatic rings. The lowest BCUT2D eigenvalue weighted by Gasteiger charge is -2.27. The molecule has 0 atom stereocenters. The third-order valence-corrected chi connectivity index (χ3v) is 13.3. The van der Waals surface area contributed by atoms with Gasteiger partial charge in [0.2, 0.25) is 0 Å². The SMILES string of the molecule is c1ccc2c(c1)ccc1c3cc(N(c4cccc5c4oc4ccccc45)c4cccc5c6ccccc6n(-c6ccc7c(c6)sc6ccccc67)c45)ccc3ccc21. The minimum atomic E-state index is 0.860. The summed E-state index contributed by atoms with van der Waals surface area (Å²) in [5.41, 5.74) is 8.31. The smallest absolute Gasteiger partial charge is 0.159 e. The van der Waals surface area contributed by atoms with E-state index in [2.05, 4.69) is 198 Å². The molecule has 3 heterocycles. The van der Waals surface area contributed by atoms with Crippen molar-refractivity contribution < 1.29 is 4.42 Å². The summed E-state index contributed by atoms with van der Waals surface area (Å²) >= 11 is 1.86. The summed E-state index contributed by atoms with van der Waals surface area (Å²) in [6, 6.07) is 70.9. The second-order valence-corrected chi connectivity index (χ2v) is 16.3. The highest BCUT2D eigenvalue weighted by Crippen LogP contribution is 2.48. The van der Waals surface area contributed by atoms with Crippen LogP contribution in [0.2, 0.25) is 0 Å². The number of aromatic nitrogens is 1. The lowest BCUT2D eigenvalue weighted by molar-refractivity contribution is 0.669. The fourth-order valence-electron chi connectivity index (χ4n) is 9.56. The summed E-state index contributed by atoms with van der Waals surface area (Å²) in [4.78, 5) is 2.43. The predicted molar refractivity (Wildman–Crippen MR) is 248 cm³/mol. The van der Waals surface area contributed by atoms with Gasteiger partial charge in [-0.25, -0.2) is 0 Å². The first-order valence-electron chi connectivity index (χ1n) is 19.8. The van der Waals surface area contributed by atoms with E-state index < -0.39 is 0 Å². The number of thiophene rings is 1. The van der Waals surface area contributed by atoms with Crippen molar-refractivity contribution in [2.45, 2.75) is 0 Å². The zero-order chi connectivity index (χ0) is 37.9. The Morgan fingerprint density at radius 2 is 1.03 bits per heavy atom. The number of nitrogens with zero attached hydrogens (tertiary/aromatic N) is 2. The van der Waals surface area contributed by atoms with E-state index in [-0.39, 0.29) is 0 Å². The topological polar surface area (TPSA) is 21.3 Å². The van der Waals surface area contributed by atoms with E-state index in [0.29, 0.717) is 0 Å². The summed E-state index contributed by atoms with van der Waals surface area (Å²) in [6.07, 6.45) is 0. The third kappa shape index (κ3) is 4.49. The molecular weight excluding hydrogens is 725 g/mol. The number of hydrogen-bond acceptors (Lipinski definition) is 3. The summed E-state index contributed by atoms with van der Waals surface area (Å²) in [6.45, 7) is 0. The highest BCUT2D eigenvalue weighted by atomic mass is 32.1. The maximum Gasteiger partial charge on any atom is 0.159 e. The first-order valence-corrected chi connectivity index (χ1v) is 20.6. The van der Waals surface area contributed by atoms with Crippen LogP contribution in [0.1, 0.15) is 0 Å². The van der Waals surface area contributed by atoms with E-state index in [4.69, 9.17) is 4.42 Å². The van der Waals surface area contributed by atoms with Crippen LogP contribution in [-0.4, -0.2) is 4.57 Å². The van der Waals surface area contributed by atoms with Crippen LogP contribution in [0.5, 0.6) is 0 Å². The summed E-state index contributed by atoms with van der Waals surface area (Å²) in [5, 5.41) is 14.6. The molecule has 270 valence electrons. The molecular formula is C54H32N2OS. The lowest BCUT2D eigenvalue weighted by Crippen LogP contribution is -2.12. The molecule has 58 heavy (non-hydrogen) atoms. The standard InChI is InChI=1S/C54H32N2OS/c1-2-12-37-33(11-1)24-29-39-38(37)28-25-34-23-26-35(31-46(34)39)55(49-20-10-17-45-41-14-4-7-21-50(41)57-54(45)49)48-19-9-16-44-40-13-3-6-18-47(40)56(53(44)48)36-27-30-43-42-15-5-8-22-51(42)58-52(43)32-36/h1-32H. The van der Waals surface area contributed by atoms with Crippen LogP contribution < -0.4 is 4.90 Å². The number of benzene rings is 10. The molecule has 0 saturated carbocycles. The van der Waals surface area contributed by atoms with Crippen molar-refractivity contribution in [3.63, 3.8) is 0 Å². The van der Waals surface area contributed by atoms with Gasteiger partial charge in [-0.2, -0.15) is 0 Å². The first kappa shape index (κ1) is 31.8. The van der Waals surface area contributed by atoms with E-state index in [1.54, 1.807) is 0 Å². The van der Waals surface area contributed by atoms with Crippen molar-refractivity contribution in [3.05, 3.63) is 194 Å². The summed E-state index contributed by atoms with van der Waals surface area (Å²) < 4.78 is 11.9. The molecule has 3 nitrogen and oxygen atoms in total. The molecule has 10 aromatic carbocycles. The Balaban J connectivity index is 1.14. The van der Waals surface area contributed by atoms with Gasteiger partial charge in [-0.3, -0.25) is 0 Å². The molecule has 0 saturated heterocycles. The zero-order valence-corrected chi connectivity index (χ0v) is 32.0. The highest BCUT2D eigenvalue weighted by molar-refractivity contribution is 7.25. The van der Waals surface area contributed by atoms with E-state index in [0.717, 1.165) is 50.2 Å². The second-order valence-electron chi connectivity index (χ2n) is 15.2. The van der Waals surface area contributed by atoms with Crippen molar-refractivity contribution in [2.24, 2.45) is 0 Å². The molecule has 0 bridgehead atoms. The Labute approximate surface area is 336 Å². The molecule has 0 aliphatic carbocycles. The van der Waals surface area contributed by atoms with Gasteiger partial charge in [-0.1, -0.05) is 140 Å². The van der Waals surface area contributed by atoms with Crippen LogP contribution in [0.3, 0.4) is 0 Å². The van der Waals surface area contributed by atoms with Crippen molar-refractivity contribution in [1.82, 2.24) is 4.57 Å². The Bertz CT molecular complexity index is 3830. The monoisotopic (exact) mass is 756 g/mol. The summed E-state index contributed by atoms with van der Waals surface area (Å²) in [5.74, 6) is 0. The van der Waals surface area contributed by atoms with Gasteiger partial charge in [0, 0.05) is 53.1 Å². The number of anilines is 3. The molecule has 0 unspecified atom stereocenters. The van der Waals surface area contributed by atoms with Crippen molar-refractivity contribution in [2.75, 3.05) is 4.90 Å². The zero-order valence-electron chi connectivity index (χ0n) is 31.2. The van der Waals surface area contributed by atoms with Gasteiger partial charge in [0.1, 0.15) is 5.58 Å². The normalized spacial score (nSPS) is 12.1. The van der Waals surface area contributed by atoms with Gasteiger partial charge in [-0.05, 0) is 86.9 Å². The lowest BCUT2D eigenvalue weighted by atomic mass is 9.96. The fraction of sp³-hybridized carbons (Fsp3) is 0. The van der Waals surface area contributed by atoms with Gasteiger partial charge >= 0.3 is 0 Å². The van der Waals surface area contributed by atoms with Crippen LogP contribution >= 0.6 is 11.3 Å². The molecule has 13 rings (SSSR count). The van der Waals surface area contributed by atoms with E-state index in [9.17, 15) is 0 Å². The Morgan fingerprint density at radius 3 is 1.93 bits per heavy atom. The van der Waals surface area contributed by atoms with Crippen molar-refractivity contribution in [3.8, 4) is 5.69 Å². The van der Waals surface area contributed by atoms with Gasteiger partial charge in [-0.15, -0.1) is 11.3 Å². The van der Waals surface area contributed by atoms with Gasteiger partial charge in [0.25, 0.3) is 0 Å². The number of rotatable bonds is 4. The van der Waals surface area contributed by atoms with Gasteiger partial charge in [0.05, 0.1) is 22.4 Å². The van der Waals surface area contributed by atoms with Crippen molar-refractivity contribution >= 4 is 125 Å². The van der Waals surface area contributed by atoms with E-state index >= 15 is 0 Å². The molecule has 0 spiro atoms. The quantitative estimate of drug-likeness (QED) is 0.167. The average Bonchev–Trinajstić information content (AvgIpc) is 3.96. The average molecular weight is 757 g/mol. The fourth-order valence-corrected chi connectivity index (χ4v) is 10.7. The molecule has 0 aliphatic rings. The van der Waals surface area contributed by atoms with Gasteiger partial charge in [0.15, 0.2) is 5.58 Å². The van der Waals surface area contributed by atoms with E-state index in [1.165, 1.54) is 68.8 Å². The number of hydrogen-bond donors (Lipinski definition) is 0. The predicted octanol–water partition coefficient (Wildman–Crippen LogP) is 16.0. The third-order valence-electron chi connectivity index (χ3n) is 12.1. The van der Waals surface area contributed by atoms with Crippen LogP contribution in [0, 0.1) is 0 Å². The largest absolute Gasteiger partial charge is 0.454 e. The molecule has 0 N–H and O–H groups in total. The number of fused-ring (bicyclic) bond motifs is 14. The number of furan rings is 1. The van der Waals surface area contributed by atoms with E-state index in [1.807, 2.05) is 17.4 Å². The molecule has 4 heteroatoms. The minimum absolute atomic E-state index is 0.860. The van der Waals surface area contributed by atoms with Crippen LogP contribution in [0.25, 0.3) is 102 Å². The summed E-state index contributed by atoms with van der Waals surface area (Å²) in [7, 11) is 0. The van der Waals surface area contributed by atoms with Crippen LogP contribution in [0.4, 0.5) is 17.1 Å². The molecule has 0 amide bonds. The Kier molecular flexibility index (Phi) is 6.60. The molecule has 3 aromatic heterocycles. The highest BCUT2D eigenvalue weighted by Gasteiger charge is 2.25. The second kappa shape index (κ2) is 12.1. The first-order chi connectivity index (χ1) is 28.8. The Hall–Kier alpha value is -7.40. The molecule has 0 aliphatic heterocycles. The Morgan fingerprint density at radius 1 is 0.397 bits per heavy atom. The van der Waals surface area contributed by atoms with Gasteiger partial charge < -0.3 is 13.9 Å². The maximum atomic E-state index is 6.83. The molecule has 0 radical (unpaired) electrons.